The molecule has 2 aromatic carbocycles. The SMILES string of the molecule is CCCCOc1ccccc1C=NNC(=O)C(C)Oc1ccccc1. The Balaban J connectivity index is 1.88. The molecule has 132 valence electrons. The summed E-state index contributed by atoms with van der Waals surface area (Å²) in [5.74, 6) is 1.08. The average molecular weight is 340 g/mol. The maximum atomic E-state index is 12.1. The summed E-state index contributed by atoms with van der Waals surface area (Å²) in [5.41, 5.74) is 3.31. The molecule has 2 rings (SSSR count). The summed E-state index contributed by atoms with van der Waals surface area (Å²) >= 11 is 0. The number of benzene rings is 2. The number of rotatable bonds is 9. The van der Waals surface area contributed by atoms with E-state index < -0.39 is 6.10 Å². The normalized spacial score (nSPS) is 11.9. The van der Waals surface area contributed by atoms with Gasteiger partial charge >= 0.3 is 0 Å². The van der Waals surface area contributed by atoms with Gasteiger partial charge in [0.15, 0.2) is 6.10 Å². The lowest BCUT2D eigenvalue weighted by Crippen LogP contribution is -2.33. The molecule has 25 heavy (non-hydrogen) atoms. The number of nitrogens with zero attached hydrogens (tertiary/aromatic N) is 1. The molecule has 0 bridgehead atoms. The van der Waals surface area contributed by atoms with Gasteiger partial charge in [-0.1, -0.05) is 43.7 Å². The molecule has 0 aliphatic carbocycles. The highest BCUT2D eigenvalue weighted by atomic mass is 16.5. The third-order valence-corrected chi connectivity index (χ3v) is 3.48. The van der Waals surface area contributed by atoms with Crippen molar-refractivity contribution in [2.75, 3.05) is 6.61 Å². The summed E-state index contributed by atoms with van der Waals surface area (Å²) in [6.45, 7) is 4.46. The predicted octanol–water partition coefficient (Wildman–Crippen LogP) is 3.78. The molecular weight excluding hydrogens is 316 g/mol. The maximum absolute atomic E-state index is 12.1. The van der Waals surface area contributed by atoms with Crippen molar-refractivity contribution in [2.45, 2.75) is 32.8 Å². The van der Waals surface area contributed by atoms with Crippen molar-refractivity contribution in [1.82, 2.24) is 5.43 Å². The molecule has 0 aliphatic rings. The largest absolute Gasteiger partial charge is 0.493 e. The molecule has 5 nitrogen and oxygen atoms in total. The van der Waals surface area contributed by atoms with Crippen molar-refractivity contribution in [3.63, 3.8) is 0 Å². The van der Waals surface area contributed by atoms with E-state index in [-0.39, 0.29) is 5.91 Å². The zero-order chi connectivity index (χ0) is 17.9. The number of hydrogen-bond acceptors (Lipinski definition) is 4. The van der Waals surface area contributed by atoms with Crippen LogP contribution < -0.4 is 14.9 Å². The van der Waals surface area contributed by atoms with Crippen LogP contribution in [0.3, 0.4) is 0 Å². The lowest BCUT2D eigenvalue weighted by Gasteiger charge is -2.12. The van der Waals surface area contributed by atoms with Crippen molar-refractivity contribution in [3.05, 3.63) is 60.2 Å². The molecule has 1 atom stereocenters. The molecule has 0 radical (unpaired) electrons. The first kappa shape index (κ1) is 18.5. The Bertz CT molecular complexity index is 686. The lowest BCUT2D eigenvalue weighted by molar-refractivity contribution is -0.127. The first-order valence-electron chi connectivity index (χ1n) is 8.47. The fourth-order valence-electron chi connectivity index (χ4n) is 2.06. The molecular formula is C20H24N2O3. The maximum Gasteiger partial charge on any atom is 0.280 e. The highest BCUT2D eigenvalue weighted by molar-refractivity contribution is 5.86. The van der Waals surface area contributed by atoms with Gasteiger partial charge in [0.25, 0.3) is 5.91 Å². The lowest BCUT2D eigenvalue weighted by atomic mass is 10.2. The number of para-hydroxylation sites is 2. The van der Waals surface area contributed by atoms with E-state index in [1.165, 1.54) is 0 Å². The summed E-state index contributed by atoms with van der Waals surface area (Å²) in [4.78, 5) is 12.1. The number of nitrogens with one attached hydrogen (secondary N) is 1. The summed E-state index contributed by atoms with van der Waals surface area (Å²) in [6.07, 6.45) is 3.01. The summed E-state index contributed by atoms with van der Waals surface area (Å²) in [6, 6.07) is 16.8. The molecule has 5 heteroatoms. The monoisotopic (exact) mass is 340 g/mol. The van der Waals surface area contributed by atoms with Crippen LogP contribution in [0.5, 0.6) is 11.5 Å². The Kier molecular flexibility index (Phi) is 7.50. The fraction of sp³-hybridized carbons (Fsp3) is 0.300. The van der Waals surface area contributed by atoms with Crippen molar-refractivity contribution in [2.24, 2.45) is 5.10 Å². The van der Waals surface area contributed by atoms with E-state index in [1.54, 1.807) is 25.3 Å². The number of hydrazone groups is 1. The van der Waals surface area contributed by atoms with Crippen LogP contribution in [0.15, 0.2) is 59.7 Å². The smallest absolute Gasteiger partial charge is 0.280 e. The van der Waals surface area contributed by atoms with Gasteiger partial charge in [0.05, 0.1) is 12.8 Å². The van der Waals surface area contributed by atoms with E-state index in [2.05, 4.69) is 17.5 Å². The van der Waals surface area contributed by atoms with Crippen molar-refractivity contribution >= 4 is 12.1 Å². The minimum absolute atomic E-state index is 0.315. The van der Waals surface area contributed by atoms with Gasteiger partial charge in [0.2, 0.25) is 0 Å². The van der Waals surface area contributed by atoms with Gasteiger partial charge in [0.1, 0.15) is 11.5 Å². The third kappa shape index (κ3) is 6.30. The molecule has 2 aromatic rings. The van der Waals surface area contributed by atoms with Gasteiger partial charge in [-0.3, -0.25) is 4.79 Å². The van der Waals surface area contributed by atoms with Crippen LogP contribution in [0, 0.1) is 0 Å². The Morgan fingerprint density at radius 1 is 1.16 bits per heavy atom. The second kappa shape index (κ2) is 10.1. The summed E-state index contributed by atoms with van der Waals surface area (Å²) in [5, 5.41) is 4.01. The van der Waals surface area contributed by atoms with Crippen LogP contribution in [0.2, 0.25) is 0 Å². The minimum atomic E-state index is -0.643. The van der Waals surface area contributed by atoms with E-state index in [0.717, 1.165) is 24.2 Å². The minimum Gasteiger partial charge on any atom is -0.493 e. The standard InChI is InChI=1S/C20H24N2O3/c1-3-4-14-24-19-13-9-8-10-17(19)15-21-22-20(23)16(2)25-18-11-6-5-7-12-18/h5-13,15-16H,3-4,14H2,1-2H3,(H,22,23). The molecule has 0 saturated carbocycles. The van der Waals surface area contributed by atoms with E-state index in [4.69, 9.17) is 9.47 Å². The molecule has 0 spiro atoms. The quantitative estimate of drug-likeness (QED) is 0.429. The number of amides is 1. The van der Waals surface area contributed by atoms with Gasteiger partial charge in [-0.15, -0.1) is 0 Å². The number of hydrogen-bond donors (Lipinski definition) is 1. The topological polar surface area (TPSA) is 59.9 Å². The second-order valence-corrected chi connectivity index (χ2v) is 5.55. The van der Waals surface area contributed by atoms with Crippen LogP contribution in [0.1, 0.15) is 32.3 Å². The van der Waals surface area contributed by atoms with E-state index in [9.17, 15) is 4.79 Å². The highest BCUT2D eigenvalue weighted by Crippen LogP contribution is 2.16. The van der Waals surface area contributed by atoms with Gasteiger partial charge < -0.3 is 9.47 Å². The van der Waals surface area contributed by atoms with Crippen LogP contribution in [-0.2, 0) is 4.79 Å². The van der Waals surface area contributed by atoms with Crippen LogP contribution in [0.25, 0.3) is 0 Å². The molecule has 0 fully saturated rings. The van der Waals surface area contributed by atoms with Gasteiger partial charge in [-0.2, -0.15) is 5.10 Å². The first-order chi connectivity index (χ1) is 12.2. The van der Waals surface area contributed by atoms with Crippen LogP contribution in [-0.4, -0.2) is 24.8 Å². The Hall–Kier alpha value is -2.82. The summed E-state index contributed by atoms with van der Waals surface area (Å²) in [7, 11) is 0. The highest BCUT2D eigenvalue weighted by Gasteiger charge is 2.13. The Morgan fingerprint density at radius 2 is 1.88 bits per heavy atom. The number of unbranched alkanes of at least 4 members (excludes halogenated alkanes) is 1. The van der Waals surface area contributed by atoms with Gasteiger partial charge in [-0.05, 0) is 37.6 Å². The average Bonchev–Trinajstić information content (AvgIpc) is 2.64. The molecule has 1 N–H and O–H groups in total. The van der Waals surface area contributed by atoms with E-state index in [1.807, 2.05) is 42.5 Å². The zero-order valence-electron chi connectivity index (χ0n) is 14.6. The predicted molar refractivity (Wildman–Crippen MR) is 99.1 cm³/mol. The fourth-order valence-corrected chi connectivity index (χ4v) is 2.06. The van der Waals surface area contributed by atoms with Crippen molar-refractivity contribution < 1.29 is 14.3 Å². The molecule has 1 unspecified atom stereocenters. The molecule has 0 aliphatic heterocycles. The van der Waals surface area contributed by atoms with Crippen molar-refractivity contribution in [1.29, 1.82) is 0 Å². The molecule has 0 aromatic heterocycles. The molecule has 1 amide bonds. The molecule has 0 heterocycles. The van der Waals surface area contributed by atoms with Gasteiger partial charge in [-0.25, -0.2) is 5.43 Å². The van der Waals surface area contributed by atoms with Crippen molar-refractivity contribution in [3.8, 4) is 11.5 Å². The van der Waals surface area contributed by atoms with Gasteiger partial charge in [0, 0.05) is 5.56 Å². The molecule has 0 saturated heterocycles. The third-order valence-electron chi connectivity index (χ3n) is 3.48. The van der Waals surface area contributed by atoms with E-state index >= 15 is 0 Å². The Morgan fingerprint density at radius 3 is 2.64 bits per heavy atom. The second-order valence-electron chi connectivity index (χ2n) is 5.55. The zero-order valence-corrected chi connectivity index (χ0v) is 14.6. The number of carbonyl (C=O) groups is 1. The van der Waals surface area contributed by atoms with E-state index in [0.29, 0.717) is 12.4 Å². The van der Waals surface area contributed by atoms with Crippen LogP contribution in [0.4, 0.5) is 0 Å². The number of ether oxygens (including phenoxy) is 2. The Labute approximate surface area is 148 Å². The first-order valence-corrected chi connectivity index (χ1v) is 8.47. The van der Waals surface area contributed by atoms with Crippen LogP contribution >= 0.6 is 0 Å². The summed E-state index contributed by atoms with van der Waals surface area (Å²) < 4.78 is 11.3. The number of carbonyl (C=O) groups excluding carboxylic acids is 1.